The van der Waals surface area contributed by atoms with Crippen LogP contribution >= 0.6 is 45.2 Å². The lowest BCUT2D eigenvalue weighted by molar-refractivity contribution is -0.107. The Morgan fingerprint density at radius 1 is 1.18 bits per heavy atom. The van der Waals surface area contributed by atoms with E-state index in [0.717, 1.165) is 11.8 Å². The van der Waals surface area contributed by atoms with Gasteiger partial charge in [0.1, 0.15) is 6.29 Å². The highest BCUT2D eigenvalue weighted by Gasteiger charge is 2.22. The highest BCUT2D eigenvalue weighted by molar-refractivity contribution is 14.2. The normalized spacial score (nSPS) is 11.1. The summed E-state index contributed by atoms with van der Waals surface area (Å²) in [4.78, 5) is 10.6. The van der Waals surface area contributed by atoms with E-state index in [2.05, 4.69) is 45.2 Å². The fourth-order valence-corrected chi connectivity index (χ4v) is 1.45. The molecule has 0 fully saturated rings. The van der Waals surface area contributed by atoms with Crippen molar-refractivity contribution < 1.29 is 4.79 Å². The molecule has 0 aliphatic heterocycles. The van der Waals surface area contributed by atoms with E-state index in [1.807, 2.05) is 30.3 Å². The lowest BCUT2D eigenvalue weighted by atomic mass is 10.2. The first-order valence-electron chi connectivity index (χ1n) is 3.06. The molecule has 0 bridgehead atoms. The quantitative estimate of drug-likeness (QED) is 0.444. The Morgan fingerprint density at radius 3 is 2.18 bits per heavy atom. The molecule has 58 valence electrons. The van der Waals surface area contributed by atoms with Gasteiger partial charge >= 0.3 is 0 Å². The van der Waals surface area contributed by atoms with Crippen molar-refractivity contribution in [2.24, 2.45) is 0 Å². The van der Waals surface area contributed by atoms with Crippen molar-refractivity contribution >= 4 is 51.5 Å². The van der Waals surface area contributed by atoms with E-state index in [1.165, 1.54) is 0 Å². The van der Waals surface area contributed by atoms with E-state index in [4.69, 9.17) is 0 Å². The summed E-state index contributed by atoms with van der Waals surface area (Å²) in [7, 11) is 0. The zero-order valence-corrected chi connectivity index (χ0v) is 9.94. The van der Waals surface area contributed by atoms with Crippen molar-refractivity contribution in [3.05, 3.63) is 35.9 Å². The van der Waals surface area contributed by atoms with Crippen LogP contribution in [0.25, 0.3) is 0 Å². The van der Waals surface area contributed by atoms with Crippen molar-refractivity contribution in [3.8, 4) is 0 Å². The molecule has 0 unspecified atom stereocenters. The van der Waals surface area contributed by atoms with Crippen LogP contribution in [-0.4, -0.2) is 6.29 Å². The molecule has 0 N–H and O–H groups in total. The van der Waals surface area contributed by atoms with Gasteiger partial charge in [0.2, 0.25) is 0 Å². The van der Waals surface area contributed by atoms with Crippen molar-refractivity contribution in [2.75, 3.05) is 0 Å². The number of benzene rings is 1. The number of alkyl halides is 2. The van der Waals surface area contributed by atoms with Gasteiger partial charge in [0, 0.05) is 0 Å². The molecule has 0 saturated heterocycles. The maximum Gasteiger partial charge on any atom is 0.153 e. The first kappa shape index (κ1) is 9.44. The SMILES string of the molecule is O=CC(I)(I)c1ccccc1. The zero-order valence-electron chi connectivity index (χ0n) is 5.63. The minimum atomic E-state index is -0.406. The second-order valence-corrected chi connectivity index (χ2v) is 7.57. The molecule has 0 aromatic heterocycles. The predicted octanol–water partition coefficient (Wildman–Crippen LogP) is 2.91. The highest BCUT2D eigenvalue weighted by Crippen LogP contribution is 2.36. The fraction of sp³-hybridized carbons (Fsp3) is 0.125. The van der Waals surface area contributed by atoms with Crippen LogP contribution in [0.4, 0.5) is 0 Å². The molecule has 1 nitrogen and oxygen atoms in total. The van der Waals surface area contributed by atoms with E-state index >= 15 is 0 Å². The lowest BCUT2D eigenvalue weighted by Crippen LogP contribution is -2.08. The fourth-order valence-electron chi connectivity index (χ4n) is 0.728. The number of hydrogen-bond donors (Lipinski definition) is 0. The smallest absolute Gasteiger partial charge is 0.153 e. The minimum Gasteiger partial charge on any atom is -0.301 e. The standard InChI is InChI=1S/C8H6I2O/c9-8(10,6-11)7-4-2-1-3-5-7/h1-6H. The first-order valence-corrected chi connectivity index (χ1v) is 5.22. The molecule has 3 heteroatoms. The van der Waals surface area contributed by atoms with Gasteiger partial charge in [-0.25, -0.2) is 0 Å². The number of hydrogen-bond acceptors (Lipinski definition) is 1. The van der Waals surface area contributed by atoms with Crippen LogP contribution < -0.4 is 0 Å². The number of carbonyl (C=O) groups is 1. The molecule has 1 rings (SSSR count). The number of carbonyl (C=O) groups excluding carboxylic acids is 1. The predicted molar refractivity (Wildman–Crippen MR) is 62.2 cm³/mol. The maximum absolute atomic E-state index is 10.6. The Bertz CT molecular complexity index is 244. The highest BCUT2D eigenvalue weighted by atomic mass is 127. The molecule has 0 saturated carbocycles. The first-order chi connectivity index (χ1) is 5.17. The van der Waals surface area contributed by atoms with E-state index in [1.54, 1.807) is 0 Å². The van der Waals surface area contributed by atoms with Gasteiger partial charge in [-0.15, -0.1) is 0 Å². The van der Waals surface area contributed by atoms with E-state index < -0.39 is 1.43 Å². The molecule has 1 aromatic rings. The number of rotatable bonds is 2. The molecule has 0 amide bonds. The van der Waals surface area contributed by atoms with Gasteiger partial charge < -0.3 is 4.79 Å². The molecule has 1 aromatic carbocycles. The summed E-state index contributed by atoms with van der Waals surface area (Å²) < 4.78 is -0.406. The van der Waals surface area contributed by atoms with Crippen LogP contribution in [0.1, 0.15) is 5.56 Å². The van der Waals surface area contributed by atoms with E-state index in [0.29, 0.717) is 0 Å². The third kappa shape index (κ3) is 2.40. The van der Waals surface area contributed by atoms with Gasteiger partial charge in [-0.1, -0.05) is 75.5 Å². The second kappa shape index (κ2) is 3.84. The largest absolute Gasteiger partial charge is 0.301 e. The van der Waals surface area contributed by atoms with Gasteiger partial charge in [0.15, 0.2) is 1.43 Å². The number of halogens is 2. The van der Waals surface area contributed by atoms with Gasteiger partial charge in [-0.05, 0) is 5.56 Å². The molecule has 0 atom stereocenters. The molecular formula is C8H6I2O. The summed E-state index contributed by atoms with van der Waals surface area (Å²) in [5, 5.41) is 0. The Hall–Kier alpha value is 0.350. The van der Waals surface area contributed by atoms with Crippen molar-refractivity contribution in [1.82, 2.24) is 0 Å². The molecule has 0 heterocycles. The Morgan fingerprint density at radius 2 is 1.73 bits per heavy atom. The number of aldehydes is 1. The summed E-state index contributed by atoms with van der Waals surface area (Å²) in [5.41, 5.74) is 1.04. The van der Waals surface area contributed by atoms with E-state index in [-0.39, 0.29) is 0 Å². The average Bonchev–Trinajstić information content (AvgIpc) is 2.06. The maximum atomic E-state index is 10.6. The summed E-state index contributed by atoms with van der Waals surface area (Å²) >= 11 is 4.25. The molecule has 0 aliphatic carbocycles. The second-order valence-electron chi connectivity index (χ2n) is 2.11. The molecule has 0 radical (unpaired) electrons. The summed E-state index contributed by atoms with van der Waals surface area (Å²) in [6.45, 7) is 0. The third-order valence-corrected chi connectivity index (χ3v) is 3.06. The van der Waals surface area contributed by atoms with Gasteiger partial charge in [0.05, 0.1) is 0 Å². The van der Waals surface area contributed by atoms with Crippen LogP contribution in [0.3, 0.4) is 0 Å². The lowest BCUT2D eigenvalue weighted by Gasteiger charge is -2.11. The monoisotopic (exact) mass is 372 g/mol. The Balaban J connectivity index is 3.02. The van der Waals surface area contributed by atoms with Crippen molar-refractivity contribution in [2.45, 2.75) is 1.43 Å². The van der Waals surface area contributed by atoms with Crippen LogP contribution in [0.15, 0.2) is 30.3 Å². The summed E-state index contributed by atoms with van der Waals surface area (Å²) in [6, 6.07) is 9.72. The van der Waals surface area contributed by atoms with Crippen LogP contribution in [0.5, 0.6) is 0 Å². The van der Waals surface area contributed by atoms with Gasteiger partial charge in [-0.2, -0.15) is 0 Å². The van der Waals surface area contributed by atoms with Crippen LogP contribution in [0.2, 0.25) is 0 Å². The summed E-state index contributed by atoms with van der Waals surface area (Å²) in [6.07, 6.45) is 0.948. The Labute approximate surface area is 92.8 Å². The topological polar surface area (TPSA) is 17.1 Å². The minimum absolute atomic E-state index is 0.406. The van der Waals surface area contributed by atoms with Crippen LogP contribution in [-0.2, 0) is 6.22 Å². The van der Waals surface area contributed by atoms with Crippen molar-refractivity contribution in [3.63, 3.8) is 0 Å². The summed E-state index contributed by atoms with van der Waals surface area (Å²) in [5.74, 6) is 0. The average molecular weight is 372 g/mol. The van der Waals surface area contributed by atoms with Crippen LogP contribution in [0, 0.1) is 0 Å². The van der Waals surface area contributed by atoms with E-state index in [9.17, 15) is 4.79 Å². The van der Waals surface area contributed by atoms with Crippen molar-refractivity contribution in [1.29, 1.82) is 0 Å². The zero-order chi connectivity index (χ0) is 8.32. The van der Waals surface area contributed by atoms with Gasteiger partial charge in [-0.3, -0.25) is 0 Å². The third-order valence-electron chi connectivity index (χ3n) is 1.31. The molecule has 11 heavy (non-hydrogen) atoms. The Kier molecular flexibility index (Phi) is 3.29. The van der Waals surface area contributed by atoms with Gasteiger partial charge in [0.25, 0.3) is 0 Å². The molecule has 0 spiro atoms. The molecular weight excluding hydrogens is 366 g/mol. The molecule has 0 aliphatic rings.